The van der Waals surface area contributed by atoms with Gasteiger partial charge in [-0.15, -0.1) is 11.3 Å². The minimum Gasteiger partial charge on any atom is -0.379 e. The summed E-state index contributed by atoms with van der Waals surface area (Å²) in [4.78, 5) is 25.0. The van der Waals surface area contributed by atoms with Crippen LogP contribution in [0, 0.1) is 24.0 Å². The van der Waals surface area contributed by atoms with Crippen molar-refractivity contribution >= 4 is 38.1 Å². The molecule has 30 heavy (non-hydrogen) atoms. The molecule has 154 valence electrons. The third-order valence-electron chi connectivity index (χ3n) is 5.49. The number of nitro benzene ring substituents is 1. The van der Waals surface area contributed by atoms with Crippen molar-refractivity contribution in [3.8, 4) is 5.82 Å². The number of hydrogen-bond donors (Lipinski definition) is 0. The number of nitro groups is 1. The highest BCUT2D eigenvalue weighted by Gasteiger charge is 2.21. The number of morpholine rings is 1. The van der Waals surface area contributed by atoms with Crippen LogP contribution < -0.4 is 0 Å². The average molecular weight is 424 g/mol. The van der Waals surface area contributed by atoms with Crippen molar-refractivity contribution in [3.63, 3.8) is 0 Å². The molecule has 1 aliphatic heterocycles. The normalized spacial score (nSPS) is 15.3. The summed E-state index contributed by atoms with van der Waals surface area (Å²) < 4.78 is 7.14. The first kappa shape index (κ1) is 19.0. The molecule has 3 aromatic heterocycles. The third-order valence-corrected chi connectivity index (χ3v) is 6.59. The lowest BCUT2D eigenvalue weighted by atomic mass is 10.2. The van der Waals surface area contributed by atoms with Crippen molar-refractivity contribution in [2.45, 2.75) is 20.4 Å². The van der Waals surface area contributed by atoms with Gasteiger partial charge in [0, 0.05) is 35.5 Å². The van der Waals surface area contributed by atoms with Crippen molar-refractivity contribution < 1.29 is 9.66 Å². The second-order valence-electron chi connectivity index (χ2n) is 7.37. The summed E-state index contributed by atoms with van der Waals surface area (Å²) in [6, 6.07) is 4.76. The van der Waals surface area contributed by atoms with Crippen molar-refractivity contribution in [2.75, 3.05) is 26.3 Å². The first-order chi connectivity index (χ1) is 14.5. The first-order valence-electron chi connectivity index (χ1n) is 9.70. The van der Waals surface area contributed by atoms with E-state index in [4.69, 9.17) is 14.7 Å². The maximum Gasteiger partial charge on any atom is 0.271 e. The molecule has 1 aliphatic rings. The van der Waals surface area contributed by atoms with E-state index in [0.717, 1.165) is 40.1 Å². The van der Waals surface area contributed by atoms with Crippen LogP contribution in [0.15, 0.2) is 24.4 Å². The molecule has 5 rings (SSSR count). The van der Waals surface area contributed by atoms with Gasteiger partial charge in [0.05, 0.1) is 41.8 Å². The maximum absolute atomic E-state index is 11.3. The maximum atomic E-state index is 11.3. The number of hydrogen-bond acceptors (Lipinski definition) is 8. The highest BCUT2D eigenvalue weighted by atomic mass is 32.1. The summed E-state index contributed by atoms with van der Waals surface area (Å²) in [5.41, 5.74) is 1.79. The van der Waals surface area contributed by atoms with E-state index in [1.807, 2.05) is 0 Å². The average Bonchev–Trinajstić information content (AvgIpc) is 3.28. The summed E-state index contributed by atoms with van der Waals surface area (Å²) in [6.07, 6.45) is 1.71. The van der Waals surface area contributed by atoms with E-state index in [1.54, 1.807) is 34.3 Å². The Morgan fingerprint density at radius 3 is 2.80 bits per heavy atom. The zero-order valence-corrected chi connectivity index (χ0v) is 17.5. The Labute approximate surface area is 176 Å². The molecule has 0 aliphatic carbocycles. The molecule has 4 heterocycles. The van der Waals surface area contributed by atoms with Crippen LogP contribution in [-0.4, -0.2) is 55.9 Å². The molecule has 1 aromatic carbocycles. The Hall–Kier alpha value is -2.95. The standard InChI is InChI=1S/C20H20N6O3S/c1-12-13(2)30-20-18(12)19(22-17(23-20)11-24-5-7-29-8-6-24)25-16-9-15(26(27)28)4-3-14(16)10-21-25/h3-4,9-10H,5-8,11H2,1-2H3. The number of benzene rings is 1. The summed E-state index contributed by atoms with van der Waals surface area (Å²) in [7, 11) is 0. The van der Waals surface area contributed by atoms with Gasteiger partial charge in [-0.25, -0.2) is 14.6 Å². The Bertz CT molecular complexity index is 1270. The van der Waals surface area contributed by atoms with Gasteiger partial charge in [0.25, 0.3) is 5.69 Å². The highest BCUT2D eigenvalue weighted by molar-refractivity contribution is 7.18. The van der Waals surface area contributed by atoms with Gasteiger partial charge in [-0.05, 0) is 25.5 Å². The topological polar surface area (TPSA) is 99.2 Å². The van der Waals surface area contributed by atoms with E-state index >= 15 is 0 Å². The zero-order chi connectivity index (χ0) is 20.8. The Balaban J connectivity index is 1.70. The summed E-state index contributed by atoms with van der Waals surface area (Å²) in [5.74, 6) is 1.38. The third kappa shape index (κ3) is 3.22. The first-order valence-corrected chi connectivity index (χ1v) is 10.5. The van der Waals surface area contributed by atoms with E-state index in [1.165, 1.54) is 10.9 Å². The van der Waals surface area contributed by atoms with Gasteiger partial charge in [0.15, 0.2) is 5.82 Å². The van der Waals surface area contributed by atoms with Crippen molar-refractivity contribution in [1.29, 1.82) is 0 Å². The number of rotatable bonds is 4. The molecular formula is C20H20N6O3S. The fourth-order valence-corrected chi connectivity index (χ4v) is 4.79. The SMILES string of the molecule is Cc1sc2nc(CN3CCOCC3)nc(-n3ncc4ccc([N+](=O)[O-])cc43)c2c1C. The lowest BCUT2D eigenvalue weighted by molar-refractivity contribution is -0.384. The minimum atomic E-state index is -0.393. The van der Waals surface area contributed by atoms with E-state index < -0.39 is 4.92 Å². The highest BCUT2D eigenvalue weighted by Crippen LogP contribution is 2.34. The molecule has 0 saturated carbocycles. The van der Waals surface area contributed by atoms with Crippen LogP contribution in [0.1, 0.15) is 16.3 Å². The Morgan fingerprint density at radius 2 is 2.03 bits per heavy atom. The largest absolute Gasteiger partial charge is 0.379 e. The van der Waals surface area contributed by atoms with E-state index in [2.05, 4.69) is 23.8 Å². The molecule has 1 fully saturated rings. The van der Waals surface area contributed by atoms with Crippen LogP contribution in [0.4, 0.5) is 5.69 Å². The van der Waals surface area contributed by atoms with Crippen LogP contribution in [0.25, 0.3) is 26.9 Å². The number of nitrogens with zero attached hydrogens (tertiary/aromatic N) is 6. The summed E-state index contributed by atoms with van der Waals surface area (Å²) in [5, 5.41) is 17.6. The predicted octanol–water partition coefficient (Wildman–Crippen LogP) is 3.39. The molecule has 0 amide bonds. The van der Waals surface area contributed by atoms with Crippen LogP contribution in [0.5, 0.6) is 0 Å². The van der Waals surface area contributed by atoms with E-state index in [9.17, 15) is 10.1 Å². The van der Waals surface area contributed by atoms with E-state index in [-0.39, 0.29) is 5.69 Å². The second kappa shape index (κ2) is 7.38. The van der Waals surface area contributed by atoms with Crippen LogP contribution in [0.3, 0.4) is 0 Å². The number of thiophene rings is 1. The predicted molar refractivity (Wildman–Crippen MR) is 114 cm³/mol. The van der Waals surface area contributed by atoms with Crippen LogP contribution >= 0.6 is 11.3 Å². The summed E-state index contributed by atoms with van der Waals surface area (Å²) in [6.45, 7) is 7.85. The van der Waals surface area contributed by atoms with Crippen molar-refractivity contribution in [3.05, 3.63) is 50.8 Å². The molecule has 1 saturated heterocycles. The van der Waals surface area contributed by atoms with Gasteiger partial charge in [-0.3, -0.25) is 15.0 Å². The van der Waals surface area contributed by atoms with Gasteiger partial charge in [0.2, 0.25) is 0 Å². The molecular weight excluding hydrogens is 404 g/mol. The molecule has 4 aromatic rings. The summed E-state index contributed by atoms with van der Waals surface area (Å²) >= 11 is 1.64. The van der Waals surface area contributed by atoms with Gasteiger partial charge in [-0.1, -0.05) is 0 Å². The molecule has 9 nitrogen and oxygen atoms in total. The van der Waals surface area contributed by atoms with Gasteiger partial charge in [0.1, 0.15) is 10.7 Å². The molecule has 0 bridgehead atoms. The van der Waals surface area contributed by atoms with Crippen molar-refractivity contribution in [2.24, 2.45) is 0 Å². The molecule has 0 unspecified atom stereocenters. The molecule has 0 radical (unpaired) electrons. The number of fused-ring (bicyclic) bond motifs is 2. The number of ether oxygens (including phenoxy) is 1. The fraction of sp³-hybridized carbons (Fsp3) is 0.350. The Morgan fingerprint density at radius 1 is 1.23 bits per heavy atom. The minimum absolute atomic E-state index is 0.0290. The molecule has 0 spiro atoms. The van der Waals surface area contributed by atoms with Crippen molar-refractivity contribution in [1.82, 2.24) is 24.6 Å². The van der Waals surface area contributed by atoms with Crippen LogP contribution in [-0.2, 0) is 11.3 Å². The second-order valence-corrected chi connectivity index (χ2v) is 8.58. The smallest absolute Gasteiger partial charge is 0.271 e. The van der Waals surface area contributed by atoms with Crippen LogP contribution in [0.2, 0.25) is 0 Å². The zero-order valence-electron chi connectivity index (χ0n) is 16.7. The lowest BCUT2D eigenvalue weighted by Gasteiger charge is -2.25. The van der Waals surface area contributed by atoms with Gasteiger partial charge < -0.3 is 4.74 Å². The quantitative estimate of drug-likeness (QED) is 0.366. The number of aromatic nitrogens is 4. The lowest BCUT2D eigenvalue weighted by Crippen LogP contribution is -2.36. The molecule has 0 N–H and O–H groups in total. The monoisotopic (exact) mass is 424 g/mol. The van der Waals surface area contributed by atoms with Gasteiger partial charge >= 0.3 is 0 Å². The number of non-ortho nitro benzene ring substituents is 1. The van der Waals surface area contributed by atoms with Gasteiger partial charge in [-0.2, -0.15) is 5.10 Å². The number of aryl methyl sites for hydroxylation is 2. The molecule has 10 heteroatoms. The van der Waals surface area contributed by atoms with E-state index in [0.29, 0.717) is 31.1 Å². The molecule has 0 atom stereocenters. The fourth-order valence-electron chi connectivity index (χ4n) is 3.74. The Kier molecular flexibility index (Phi) is 4.69.